The van der Waals surface area contributed by atoms with E-state index < -0.39 is 0 Å². The molecule has 1 aliphatic carbocycles. The largest absolute Gasteiger partial charge is 0.462 e. The molecule has 1 aromatic heterocycles. The minimum absolute atomic E-state index is 0.0192. The number of rotatable bonds is 6. The number of nitrogens with zero attached hydrogens (tertiary/aromatic N) is 7. The van der Waals surface area contributed by atoms with E-state index in [2.05, 4.69) is 65.7 Å². The van der Waals surface area contributed by atoms with Crippen LogP contribution in [-0.2, 0) is 23.1 Å². The van der Waals surface area contributed by atoms with E-state index in [1.165, 1.54) is 29.3 Å². The quantitative estimate of drug-likeness (QED) is 0.516. The van der Waals surface area contributed by atoms with E-state index in [1.807, 2.05) is 0 Å². The number of amides is 1. The van der Waals surface area contributed by atoms with Crippen LogP contribution in [0.2, 0.25) is 0 Å². The zero-order valence-electron chi connectivity index (χ0n) is 23.7. The molecule has 2 aromatic rings. The number of hydrogen-bond donors (Lipinski definition) is 0. The van der Waals surface area contributed by atoms with Gasteiger partial charge in [-0.2, -0.15) is 15.2 Å². The number of aromatic nitrogens is 2. The Labute approximate surface area is 237 Å². The highest BCUT2D eigenvalue weighted by molar-refractivity contribution is 5.87. The predicted octanol–water partition coefficient (Wildman–Crippen LogP) is 2.94. The average Bonchev–Trinajstić information content (AvgIpc) is 3.50. The summed E-state index contributed by atoms with van der Waals surface area (Å²) in [6, 6.07) is 11.6. The highest BCUT2D eigenvalue weighted by atomic mass is 16.5. The van der Waals surface area contributed by atoms with E-state index in [-0.39, 0.29) is 23.8 Å². The monoisotopic (exact) mass is 541 g/mol. The van der Waals surface area contributed by atoms with Crippen molar-refractivity contribution in [1.29, 1.82) is 5.26 Å². The number of likely N-dealkylation sites (tertiary alicyclic amines) is 1. The van der Waals surface area contributed by atoms with Crippen LogP contribution < -0.4 is 14.5 Å². The Kier molecular flexibility index (Phi) is 7.13. The van der Waals surface area contributed by atoms with Crippen molar-refractivity contribution in [3.63, 3.8) is 0 Å². The van der Waals surface area contributed by atoms with E-state index in [1.54, 1.807) is 4.90 Å². The lowest BCUT2D eigenvalue weighted by atomic mass is 9.70. The number of likely N-dealkylation sites (N-methyl/N-ethyl adjacent to an activating group) is 2. The average molecular weight is 542 g/mol. The number of piperazine rings is 1. The molecule has 9 heteroatoms. The molecule has 1 amide bonds. The Hall–Kier alpha value is -3.64. The molecule has 40 heavy (non-hydrogen) atoms. The van der Waals surface area contributed by atoms with Crippen LogP contribution in [0.3, 0.4) is 0 Å². The Bertz CT molecular complexity index is 1340. The van der Waals surface area contributed by atoms with E-state index in [9.17, 15) is 10.1 Å². The van der Waals surface area contributed by atoms with Crippen LogP contribution in [-0.4, -0.2) is 91.2 Å². The zero-order chi connectivity index (χ0) is 27.9. The fourth-order valence-corrected chi connectivity index (χ4v) is 7.34. The van der Waals surface area contributed by atoms with Crippen LogP contribution in [0.25, 0.3) is 0 Å². The van der Waals surface area contributed by atoms with Crippen LogP contribution in [0.5, 0.6) is 6.01 Å². The maximum absolute atomic E-state index is 12.5. The molecule has 210 valence electrons. The number of para-hydroxylation sites is 1. The van der Waals surface area contributed by atoms with Gasteiger partial charge in [0, 0.05) is 62.4 Å². The number of carbonyl (C=O) groups is 1. The molecule has 0 bridgehead atoms. The van der Waals surface area contributed by atoms with Gasteiger partial charge in [-0.25, -0.2) is 0 Å². The topological polar surface area (TPSA) is 88.8 Å². The van der Waals surface area contributed by atoms with Crippen LogP contribution in [0, 0.1) is 11.3 Å². The summed E-state index contributed by atoms with van der Waals surface area (Å²) in [5.41, 5.74) is 4.98. The van der Waals surface area contributed by atoms with E-state index in [0.29, 0.717) is 38.3 Å². The van der Waals surface area contributed by atoms with E-state index in [0.717, 1.165) is 50.3 Å². The standard InChI is InChI=1S/C31H39N7O2/c1-4-28(39)38-17-16-37(19-22(38)12-14-32)29-24-11-13-31(21-36(3)27-10-6-5-9-25(27)31)18-26(24)33-30(34-29)40-20-23-8-7-15-35(23)2/h4-6,9-10,22-23H,1,7-8,11-13,15-21H2,2-3H3/t22-,23-,31?/m0/s1. The molecule has 1 spiro atoms. The Morgan fingerprint density at radius 1 is 1.23 bits per heavy atom. The number of carbonyl (C=O) groups excluding carboxylic acids is 1. The lowest BCUT2D eigenvalue weighted by molar-refractivity contribution is -0.128. The van der Waals surface area contributed by atoms with Crippen molar-refractivity contribution in [3.05, 3.63) is 53.7 Å². The molecule has 4 heterocycles. The second kappa shape index (κ2) is 10.7. The van der Waals surface area contributed by atoms with Crippen molar-refractivity contribution in [1.82, 2.24) is 19.8 Å². The Morgan fingerprint density at radius 3 is 2.85 bits per heavy atom. The van der Waals surface area contributed by atoms with Gasteiger partial charge in [0.25, 0.3) is 0 Å². The lowest BCUT2D eigenvalue weighted by Gasteiger charge is -2.42. The van der Waals surface area contributed by atoms with Gasteiger partial charge < -0.3 is 24.3 Å². The smallest absolute Gasteiger partial charge is 0.318 e. The van der Waals surface area contributed by atoms with Crippen molar-refractivity contribution < 1.29 is 9.53 Å². The first kappa shape index (κ1) is 26.6. The number of hydrogen-bond acceptors (Lipinski definition) is 8. The summed E-state index contributed by atoms with van der Waals surface area (Å²) in [7, 11) is 4.33. The number of benzene rings is 1. The molecule has 1 unspecified atom stereocenters. The third kappa shape index (κ3) is 4.68. The van der Waals surface area contributed by atoms with Gasteiger partial charge in [0.2, 0.25) is 5.91 Å². The molecule has 0 N–H and O–H groups in total. The van der Waals surface area contributed by atoms with Gasteiger partial charge in [0.05, 0.1) is 24.2 Å². The molecule has 6 rings (SSSR count). The van der Waals surface area contributed by atoms with Gasteiger partial charge in [-0.15, -0.1) is 0 Å². The predicted molar refractivity (Wildman–Crippen MR) is 155 cm³/mol. The van der Waals surface area contributed by atoms with Crippen molar-refractivity contribution in [2.24, 2.45) is 0 Å². The van der Waals surface area contributed by atoms with Crippen LogP contribution in [0.15, 0.2) is 36.9 Å². The third-order valence-corrected chi connectivity index (χ3v) is 9.48. The van der Waals surface area contributed by atoms with Crippen molar-refractivity contribution >= 4 is 17.4 Å². The summed E-state index contributed by atoms with van der Waals surface area (Å²) in [5.74, 6) is 0.781. The summed E-state index contributed by atoms with van der Waals surface area (Å²) in [6.45, 7) is 8.03. The van der Waals surface area contributed by atoms with Crippen LogP contribution in [0.1, 0.15) is 42.5 Å². The van der Waals surface area contributed by atoms with Crippen LogP contribution >= 0.6 is 0 Å². The summed E-state index contributed by atoms with van der Waals surface area (Å²) >= 11 is 0. The van der Waals surface area contributed by atoms with Gasteiger partial charge in [-0.1, -0.05) is 24.8 Å². The normalized spacial score (nSPS) is 26.0. The molecule has 3 aliphatic heterocycles. The molecule has 4 aliphatic rings. The molecule has 2 fully saturated rings. The molecule has 0 radical (unpaired) electrons. The first-order valence-electron chi connectivity index (χ1n) is 14.5. The van der Waals surface area contributed by atoms with Crippen molar-refractivity contribution in [3.8, 4) is 12.1 Å². The SMILES string of the molecule is C=CC(=O)N1CCN(c2nc(OC[C@@H]3CCCN3C)nc3c2CCC2(C3)CN(C)c3ccccc32)C[C@@H]1CC#N. The van der Waals surface area contributed by atoms with Gasteiger partial charge in [-0.3, -0.25) is 4.79 Å². The van der Waals surface area contributed by atoms with E-state index >= 15 is 0 Å². The molecule has 0 saturated carbocycles. The summed E-state index contributed by atoms with van der Waals surface area (Å²) in [4.78, 5) is 31.3. The minimum atomic E-state index is -0.211. The summed E-state index contributed by atoms with van der Waals surface area (Å²) < 4.78 is 6.32. The number of fused-ring (bicyclic) bond motifs is 3. The van der Waals surface area contributed by atoms with Crippen LogP contribution in [0.4, 0.5) is 11.5 Å². The second-order valence-corrected chi connectivity index (χ2v) is 11.9. The highest BCUT2D eigenvalue weighted by Gasteiger charge is 2.45. The number of ether oxygens (including phenoxy) is 1. The van der Waals surface area contributed by atoms with Gasteiger partial charge in [0.15, 0.2) is 0 Å². The highest BCUT2D eigenvalue weighted by Crippen LogP contribution is 2.48. The van der Waals surface area contributed by atoms with Gasteiger partial charge in [-0.05, 0) is 57.0 Å². The first-order valence-corrected chi connectivity index (χ1v) is 14.5. The van der Waals surface area contributed by atoms with Gasteiger partial charge >= 0.3 is 6.01 Å². The molecule has 1 aromatic carbocycles. The lowest BCUT2D eigenvalue weighted by Crippen LogP contribution is -2.55. The first-order chi connectivity index (χ1) is 19.4. The zero-order valence-corrected chi connectivity index (χ0v) is 23.7. The maximum atomic E-state index is 12.5. The number of anilines is 2. The van der Waals surface area contributed by atoms with Gasteiger partial charge in [0.1, 0.15) is 12.4 Å². The molecular formula is C31H39N7O2. The molecular weight excluding hydrogens is 502 g/mol. The van der Waals surface area contributed by atoms with E-state index in [4.69, 9.17) is 14.7 Å². The second-order valence-electron chi connectivity index (χ2n) is 11.9. The summed E-state index contributed by atoms with van der Waals surface area (Å²) in [6.07, 6.45) is 6.67. The molecule has 2 saturated heterocycles. The molecule has 9 nitrogen and oxygen atoms in total. The number of nitriles is 1. The Morgan fingerprint density at radius 2 is 2.08 bits per heavy atom. The summed E-state index contributed by atoms with van der Waals surface area (Å²) in [5, 5.41) is 9.51. The van der Waals surface area contributed by atoms with Crippen molar-refractivity contribution in [2.45, 2.75) is 56.0 Å². The maximum Gasteiger partial charge on any atom is 0.318 e. The van der Waals surface area contributed by atoms with Crippen molar-refractivity contribution in [2.75, 3.05) is 63.2 Å². The fourth-order valence-electron chi connectivity index (χ4n) is 7.34. The Balaban J connectivity index is 1.34. The molecule has 3 atom stereocenters. The minimum Gasteiger partial charge on any atom is -0.462 e. The third-order valence-electron chi connectivity index (χ3n) is 9.48. The fraction of sp³-hybridized carbons (Fsp3) is 0.548.